The first-order valence-electron chi connectivity index (χ1n) is 14.2. The number of urea groups is 1. The van der Waals surface area contributed by atoms with E-state index in [1.807, 2.05) is 24.3 Å². The third-order valence-corrected chi connectivity index (χ3v) is 8.81. The normalized spacial score (nSPS) is 18.7. The number of nitrogens with one attached hydrogen (secondary N) is 2. The lowest BCUT2D eigenvalue weighted by Gasteiger charge is -2.36. The van der Waals surface area contributed by atoms with Crippen LogP contribution in [0, 0.1) is 5.92 Å². The van der Waals surface area contributed by atoms with Crippen LogP contribution in [0.15, 0.2) is 88.9 Å². The minimum Gasteiger partial charge on any atom is -0.469 e. The fourth-order valence-corrected chi connectivity index (χ4v) is 6.33. The fourth-order valence-electron chi connectivity index (χ4n) is 5.17. The van der Waals surface area contributed by atoms with Gasteiger partial charge in [-0.25, -0.2) is 9.78 Å². The molecule has 14 heteroatoms. The lowest BCUT2D eigenvalue weighted by Crippen LogP contribution is -2.54. The summed E-state index contributed by atoms with van der Waals surface area (Å²) in [4.78, 5) is 34.4. The highest BCUT2D eigenvalue weighted by Gasteiger charge is 2.45. The fraction of sp³-hybridized carbons (Fsp3) is 0.312. The largest absolute Gasteiger partial charge is 0.469 e. The van der Waals surface area contributed by atoms with E-state index in [0.717, 1.165) is 28.5 Å². The number of thiazole rings is 1. The van der Waals surface area contributed by atoms with Gasteiger partial charge in [-0.2, -0.15) is 17.6 Å². The number of esters is 1. The zero-order valence-electron chi connectivity index (χ0n) is 24.4. The van der Waals surface area contributed by atoms with Crippen LogP contribution in [0.4, 0.5) is 27.5 Å². The second-order valence-electron chi connectivity index (χ2n) is 10.7. The van der Waals surface area contributed by atoms with Gasteiger partial charge in [-0.15, -0.1) is 22.9 Å². The molecule has 2 N–H and O–H groups in total. The van der Waals surface area contributed by atoms with Crippen LogP contribution in [-0.4, -0.2) is 47.7 Å². The molecule has 1 fully saturated rings. The van der Waals surface area contributed by atoms with Crippen molar-refractivity contribution >= 4 is 45.8 Å². The molecule has 0 saturated heterocycles. The quantitative estimate of drug-likeness (QED) is 0.119. The van der Waals surface area contributed by atoms with E-state index in [-0.39, 0.29) is 34.8 Å². The highest BCUT2D eigenvalue weighted by molar-refractivity contribution is 7.13. The van der Waals surface area contributed by atoms with E-state index in [4.69, 9.17) is 16.6 Å². The van der Waals surface area contributed by atoms with E-state index >= 15 is 0 Å². The standard InChI is InChI=1S/C32H29ClF4N4O4S/c1-44-27(42)13-10-22-18-46-30(39-22)40-29(43)41-31(16-19-6-3-2-4-7-19,26-12-11-24-20(17-38-26)14-25(24)33)21-8-5-9-23(15-21)45-32(36,37)28(34)35/h2-9,11-12,15,17-18,24-25,28H,10,13-14,16H2,1H3,(H2,39,40,41,43)/t24?,25?,31-/m0/s1. The Kier molecular flexibility index (Phi) is 10.1. The van der Waals surface area contributed by atoms with E-state index in [9.17, 15) is 27.2 Å². The molecular weight excluding hydrogens is 648 g/mol. The van der Waals surface area contributed by atoms with Crippen molar-refractivity contribution in [1.29, 1.82) is 0 Å². The summed E-state index contributed by atoms with van der Waals surface area (Å²) in [5, 5.41) is 7.50. The molecule has 0 spiro atoms. The summed E-state index contributed by atoms with van der Waals surface area (Å²) in [5.74, 6) is -1.01. The first-order valence-corrected chi connectivity index (χ1v) is 15.5. The molecule has 2 aliphatic rings. The molecule has 0 bridgehead atoms. The van der Waals surface area contributed by atoms with Gasteiger partial charge in [0.15, 0.2) is 5.13 Å². The number of halogens is 5. The Morgan fingerprint density at radius 1 is 1.15 bits per heavy atom. The minimum absolute atomic E-state index is 0.0794. The number of rotatable bonds is 12. The number of aliphatic imine (C=N–C) groups is 1. The Labute approximate surface area is 271 Å². The number of fused-ring (bicyclic) bond motifs is 1. The van der Waals surface area contributed by atoms with Gasteiger partial charge >= 0.3 is 24.5 Å². The molecule has 2 aromatic carbocycles. The number of carbonyl (C=O) groups excluding carboxylic acids is 2. The highest BCUT2D eigenvalue weighted by Crippen LogP contribution is 2.42. The topological polar surface area (TPSA) is 102 Å². The molecule has 46 heavy (non-hydrogen) atoms. The molecule has 2 heterocycles. The Morgan fingerprint density at radius 3 is 2.65 bits per heavy atom. The number of aromatic nitrogens is 1. The molecule has 5 rings (SSSR count). The van der Waals surface area contributed by atoms with Crippen molar-refractivity contribution in [2.24, 2.45) is 10.9 Å². The van der Waals surface area contributed by atoms with Crippen molar-refractivity contribution in [3.63, 3.8) is 0 Å². The number of ether oxygens (including phenoxy) is 2. The summed E-state index contributed by atoms with van der Waals surface area (Å²) in [6, 6.07) is 13.6. The maximum Gasteiger partial charge on any atom is 0.461 e. The molecule has 1 aliphatic carbocycles. The van der Waals surface area contributed by atoms with Crippen LogP contribution in [-0.2, 0) is 27.9 Å². The molecule has 0 radical (unpaired) electrons. The number of anilines is 1. The summed E-state index contributed by atoms with van der Waals surface area (Å²) in [5.41, 5.74) is 1.35. The van der Waals surface area contributed by atoms with Crippen LogP contribution in [0.2, 0.25) is 0 Å². The van der Waals surface area contributed by atoms with E-state index in [1.54, 1.807) is 35.9 Å². The SMILES string of the molecule is COC(=O)CCc1csc(NC(=O)N[C@](Cc2ccccc2)(C2=NC=C3CC(Cl)C3C=C2)c2cccc(OC(F)(F)C(F)F)c2)n1. The van der Waals surface area contributed by atoms with Crippen LogP contribution >= 0.6 is 22.9 Å². The van der Waals surface area contributed by atoms with Gasteiger partial charge in [-0.3, -0.25) is 15.1 Å². The average Bonchev–Trinajstić information content (AvgIpc) is 3.39. The predicted octanol–water partition coefficient (Wildman–Crippen LogP) is 7.27. The zero-order valence-corrected chi connectivity index (χ0v) is 26.0. The van der Waals surface area contributed by atoms with Crippen molar-refractivity contribution < 1.29 is 36.6 Å². The van der Waals surface area contributed by atoms with Gasteiger partial charge in [0.05, 0.1) is 24.9 Å². The number of nitrogens with zero attached hydrogens (tertiary/aromatic N) is 2. The summed E-state index contributed by atoms with van der Waals surface area (Å²) < 4.78 is 63.1. The van der Waals surface area contributed by atoms with Crippen molar-refractivity contribution in [1.82, 2.24) is 10.3 Å². The summed E-state index contributed by atoms with van der Waals surface area (Å²) in [7, 11) is 1.29. The summed E-state index contributed by atoms with van der Waals surface area (Å²) in [6.07, 6.45) is -2.41. The van der Waals surface area contributed by atoms with Gasteiger partial charge in [-0.05, 0) is 41.3 Å². The summed E-state index contributed by atoms with van der Waals surface area (Å²) >= 11 is 7.58. The van der Waals surface area contributed by atoms with Gasteiger partial charge < -0.3 is 14.8 Å². The predicted molar refractivity (Wildman–Crippen MR) is 167 cm³/mol. The van der Waals surface area contributed by atoms with Gasteiger partial charge in [-0.1, -0.05) is 48.5 Å². The molecule has 1 saturated carbocycles. The maximum atomic E-state index is 14.0. The molecule has 8 nitrogen and oxygen atoms in total. The number of hydrogen-bond donors (Lipinski definition) is 2. The maximum absolute atomic E-state index is 14.0. The lowest BCUT2D eigenvalue weighted by atomic mass is 9.77. The van der Waals surface area contributed by atoms with Gasteiger partial charge in [0, 0.05) is 35.7 Å². The van der Waals surface area contributed by atoms with Crippen LogP contribution < -0.4 is 15.4 Å². The number of aryl methyl sites for hydroxylation is 1. The highest BCUT2D eigenvalue weighted by atomic mass is 35.5. The molecule has 2 unspecified atom stereocenters. The number of alkyl halides is 5. The molecule has 1 aromatic heterocycles. The Bertz CT molecular complexity index is 1670. The zero-order chi connectivity index (χ0) is 32.9. The van der Waals surface area contributed by atoms with E-state index in [0.29, 0.717) is 24.2 Å². The second kappa shape index (κ2) is 14.0. The first-order chi connectivity index (χ1) is 22.0. The molecule has 1 aliphatic heterocycles. The number of methoxy groups -OCH3 is 1. The molecule has 3 aromatic rings. The molecule has 2 amide bonds. The van der Waals surface area contributed by atoms with Crippen molar-refractivity contribution in [2.45, 2.75) is 49.1 Å². The Morgan fingerprint density at radius 2 is 1.93 bits per heavy atom. The van der Waals surface area contributed by atoms with Crippen LogP contribution in [0.1, 0.15) is 29.7 Å². The number of allylic oxidation sites excluding steroid dienone is 2. The lowest BCUT2D eigenvalue weighted by molar-refractivity contribution is -0.253. The first kappa shape index (κ1) is 33.1. The Hall–Kier alpha value is -4.23. The van der Waals surface area contributed by atoms with Crippen molar-refractivity contribution in [3.8, 4) is 5.75 Å². The monoisotopic (exact) mass is 676 g/mol. The van der Waals surface area contributed by atoms with Gasteiger partial charge in [0.25, 0.3) is 0 Å². The summed E-state index contributed by atoms with van der Waals surface area (Å²) in [6.45, 7) is 0. The van der Waals surface area contributed by atoms with E-state index in [2.05, 4.69) is 25.1 Å². The van der Waals surface area contributed by atoms with E-state index in [1.165, 1.54) is 19.2 Å². The molecule has 242 valence electrons. The average molecular weight is 677 g/mol. The Balaban J connectivity index is 1.55. The second-order valence-corrected chi connectivity index (χ2v) is 12.1. The smallest absolute Gasteiger partial charge is 0.461 e. The van der Waals surface area contributed by atoms with Crippen LogP contribution in [0.3, 0.4) is 0 Å². The van der Waals surface area contributed by atoms with Gasteiger partial charge in [0.1, 0.15) is 11.3 Å². The third-order valence-electron chi connectivity index (χ3n) is 7.58. The number of hydrogen-bond acceptors (Lipinski definition) is 7. The third kappa shape index (κ3) is 7.59. The van der Waals surface area contributed by atoms with Crippen LogP contribution in [0.5, 0.6) is 5.75 Å². The minimum atomic E-state index is -4.75. The number of amides is 2. The van der Waals surface area contributed by atoms with Gasteiger partial charge in [0.2, 0.25) is 0 Å². The van der Waals surface area contributed by atoms with E-state index < -0.39 is 35.8 Å². The van der Waals surface area contributed by atoms with Crippen molar-refractivity contribution in [3.05, 3.63) is 101 Å². The number of benzene rings is 2. The van der Waals surface area contributed by atoms with Crippen molar-refractivity contribution in [2.75, 3.05) is 12.4 Å². The van der Waals surface area contributed by atoms with Crippen LogP contribution in [0.25, 0.3) is 0 Å². The number of carbonyl (C=O) groups is 2. The molecule has 3 atom stereocenters. The molecular formula is C32H29ClF4N4O4S.